The normalized spacial score (nSPS) is 12.5. The molecule has 29 heavy (non-hydrogen) atoms. The molecule has 6 heteroatoms. The first-order valence-electron chi connectivity index (χ1n) is 9.41. The summed E-state index contributed by atoms with van der Waals surface area (Å²) in [7, 11) is 0. The van der Waals surface area contributed by atoms with Crippen molar-refractivity contribution < 1.29 is 17.9 Å². The molecule has 0 amide bonds. The van der Waals surface area contributed by atoms with Crippen molar-refractivity contribution in [2.45, 2.75) is 25.2 Å². The second kappa shape index (κ2) is 10.1. The summed E-state index contributed by atoms with van der Waals surface area (Å²) in [6.45, 7) is 1.18. The lowest BCUT2D eigenvalue weighted by Gasteiger charge is -2.22. The van der Waals surface area contributed by atoms with Crippen LogP contribution in [0.4, 0.5) is 13.2 Å². The summed E-state index contributed by atoms with van der Waals surface area (Å²) in [4.78, 5) is 0. The molecule has 0 aliphatic rings. The summed E-state index contributed by atoms with van der Waals surface area (Å²) >= 11 is 0. The third-order valence-corrected chi connectivity index (χ3v) is 4.42. The lowest BCUT2D eigenvalue weighted by molar-refractivity contribution is -0.139. The summed E-state index contributed by atoms with van der Waals surface area (Å²) < 4.78 is 45.8. The van der Waals surface area contributed by atoms with Crippen molar-refractivity contribution in [3.8, 4) is 5.75 Å². The van der Waals surface area contributed by atoms with Crippen LogP contribution < -0.4 is 15.6 Å². The van der Waals surface area contributed by atoms with E-state index in [0.29, 0.717) is 19.5 Å². The van der Waals surface area contributed by atoms with Crippen molar-refractivity contribution in [3.63, 3.8) is 0 Å². The maximum absolute atomic E-state index is 13.3. The van der Waals surface area contributed by atoms with Gasteiger partial charge in [0.1, 0.15) is 11.9 Å². The van der Waals surface area contributed by atoms with Crippen LogP contribution in [0.2, 0.25) is 0 Å². The molecule has 0 radical (unpaired) electrons. The molecule has 3 aromatic carbocycles. The van der Waals surface area contributed by atoms with Crippen LogP contribution in [0, 0.1) is 0 Å². The van der Waals surface area contributed by atoms with Crippen LogP contribution in [0.25, 0.3) is 0 Å². The summed E-state index contributed by atoms with van der Waals surface area (Å²) in [5, 5.41) is 0. The van der Waals surface area contributed by atoms with E-state index >= 15 is 0 Å². The summed E-state index contributed by atoms with van der Waals surface area (Å²) in [6, 6.07) is 24.5. The van der Waals surface area contributed by atoms with E-state index in [4.69, 9.17) is 4.74 Å². The minimum atomic E-state index is -4.46. The van der Waals surface area contributed by atoms with Gasteiger partial charge in [-0.1, -0.05) is 72.8 Å². The van der Waals surface area contributed by atoms with Crippen LogP contribution in [0.15, 0.2) is 84.9 Å². The number of halogens is 3. The fourth-order valence-corrected chi connectivity index (χ4v) is 2.97. The van der Waals surface area contributed by atoms with E-state index in [9.17, 15) is 13.2 Å². The van der Waals surface area contributed by atoms with Crippen molar-refractivity contribution in [1.29, 1.82) is 0 Å². The molecule has 0 fully saturated rings. The van der Waals surface area contributed by atoms with E-state index < -0.39 is 17.8 Å². The highest BCUT2D eigenvalue weighted by Gasteiger charge is 2.34. The van der Waals surface area contributed by atoms with Crippen molar-refractivity contribution in [3.05, 3.63) is 102 Å². The van der Waals surface area contributed by atoms with Crippen LogP contribution in [-0.4, -0.2) is 6.54 Å². The minimum Gasteiger partial charge on any atom is -0.485 e. The van der Waals surface area contributed by atoms with E-state index in [1.165, 1.54) is 12.1 Å². The fourth-order valence-electron chi connectivity index (χ4n) is 2.97. The molecule has 3 aromatic rings. The lowest BCUT2D eigenvalue weighted by Crippen LogP contribution is -2.33. The highest BCUT2D eigenvalue weighted by molar-refractivity contribution is 5.36. The molecule has 0 heterocycles. The highest BCUT2D eigenvalue weighted by atomic mass is 19.4. The Morgan fingerprint density at radius 3 is 2.07 bits per heavy atom. The number of para-hydroxylation sites is 1. The van der Waals surface area contributed by atoms with Gasteiger partial charge in [0, 0.05) is 19.5 Å². The molecule has 0 aromatic heterocycles. The minimum absolute atomic E-state index is 0.161. The Balaban J connectivity index is 1.64. The van der Waals surface area contributed by atoms with Gasteiger partial charge in [0.2, 0.25) is 0 Å². The van der Waals surface area contributed by atoms with Gasteiger partial charge in [-0.25, -0.2) is 0 Å². The molecule has 0 saturated heterocycles. The van der Waals surface area contributed by atoms with Crippen molar-refractivity contribution in [2.75, 3.05) is 6.54 Å². The Bertz CT molecular complexity index is 870. The van der Waals surface area contributed by atoms with Gasteiger partial charge in [-0.05, 0) is 23.3 Å². The predicted octanol–water partition coefficient (Wildman–Crippen LogP) is 5.51. The van der Waals surface area contributed by atoms with Gasteiger partial charge >= 0.3 is 6.18 Å². The topological polar surface area (TPSA) is 33.3 Å². The standard InChI is InChI=1S/C23H23F3N2O/c24-23(25,26)20-13-7-8-14-22(20)29-21(19-11-5-2-6-12-19)15-16-27-28-17-18-9-3-1-4-10-18/h1-14,21,27-28H,15-17H2. The molecule has 2 N–H and O–H groups in total. The summed E-state index contributed by atoms with van der Waals surface area (Å²) in [6.07, 6.45) is -4.48. The first kappa shape index (κ1) is 20.9. The highest BCUT2D eigenvalue weighted by Crippen LogP contribution is 2.38. The number of nitrogens with one attached hydrogen (secondary N) is 2. The summed E-state index contributed by atoms with van der Waals surface area (Å²) in [5.74, 6) is -0.161. The van der Waals surface area contributed by atoms with Crippen molar-refractivity contribution in [2.24, 2.45) is 0 Å². The molecular weight excluding hydrogens is 377 g/mol. The number of ether oxygens (including phenoxy) is 1. The van der Waals surface area contributed by atoms with Crippen molar-refractivity contribution in [1.82, 2.24) is 10.9 Å². The van der Waals surface area contributed by atoms with Crippen LogP contribution in [0.3, 0.4) is 0 Å². The maximum Gasteiger partial charge on any atom is 0.419 e. The first-order valence-corrected chi connectivity index (χ1v) is 9.41. The Kier molecular flexibility index (Phi) is 7.27. The molecule has 0 bridgehead atoms. The second-order valence-corrected chi connectivity index (χ2v) is 6.57. The smallest absolute Gasteiger partial charge is 0.419 e. The van der Waals surface area contributed by atoms with E-state index in [0.717, 1.165) is 17.2 Å². The monoisotopic (exact) mass is 400 g/mol. The Hall–Kier alpha value is -2.83. The average Bonchev–Trinajstić information content (AvgIpc) is 2.73. The molecule has 3 rings (SSSR count). The number of hydrazine groups is 1. The largest absolute Gasteiger partial charge is 0.485 e. The van der Waals surface area contributed by atoms with Crippen LogP contribution in [0.1, 0.15) is 29.2 Å². The number of alkyl halides is 3. The Morgan fingerprint density at radius 1 is 0.759 bits per heavy atom. The summed E-state index contributed by atoms with van der Waals surface area (Å²) in [5.41, 5.74) is 7.43. The number of hydrogen-bond donors (Lipinski definition) is 2. The van der Waals surface area contributed by atoms with E-state index in [-0.39, 0.29) is 5.75 Å². The van der Waals surface area contributed by atoms with Gasteiger partial charge in [-0.15, -0.1) is 0 Å². The van der Waals surface area contributed by atoms with E-state index in [1.54, 1.807) is 6.07 Å². The van der Waals surface area contributed by atoms with Gasteiger partial charge < -0.3 is 4.74 Å². The Labute approximate surface area is 168 Å². The Morgan fingerprint density at radius 2 is 1.38 bits per heavy atom. The number of hydrogen-bond acceptors (Lipinski definition) is 3. The molecular formula is C23H23F3N2O. The van der Waals surface area contributed by atoms with Crippen molar-refractivity contribution >= 4 is 0 Å². The quantitative estimate of drug-likeness (QED) is 0.367. The molecule has 0 aliphatic carbocycles. The molecule has 0 aliphatic heterocycles. The first-order chi connectivity index (χ1) is 14.0. The average molecular weight is 400 g/mol. The second-order valence-electron chi connectivity index (χ2n) is 6.57. The molecule has 0 saturated carbocycles. The van der Waals surface area contributed by atoms with Crippen LogP contribution in [0.5, 0.6) is 5.75 Å². The van der Waals surface area contributed by atoms with E-state index in [2.05, 4.69) is 10.9 Å². The predicted molar refractivity (Wildman–Crippen MR) is 107 cm³/mol. The van der Waals surface area contributed by atoms with Gasteiger partial charge in [0.15, 0.2) is 0 Å². The van der Waals surface area contributed by atoms with Crippen LogP contribution in [-0.2, 0) is 12.7 Å². The zero-order valence-electron chi connectivity index (χ0n) is 15.8. The maximum atomic E-state index is 13.3. The van der Waals surface area contributed by atoms with Gasteiger partial charge in [0.25, 0.3) is 0 Å². The van der Waals surface area contributed by atoms with Crippen LogP contribution >= 0.6 is 0 Å². The zero-order valence-corrected chi connectivity index (χ0v) is 15.8. The van der Waals surface area contributed by atoms with Gasteiger partial charge in [-0.3, -0.25) is 10.9 Å². The molecule has 0 spiro atoms. The molecule has 1 atom stereocenters. The molecule has 1 unspecified atom stereocenters. The number of rotatable bonds is 9. The molecule has 3 nitrogen and oxygen atoms in total. The third-order valence-electron chi connectivity index (χ3n) is 4.42. The van der Waals surface area contributed by atoms with Gasteiger partial charge in [0.05, 0.1) is 5.56 Å². The fraction of sp³-hybridized carbons (Fsp3) is 0.217. The van der Waals surface area contributed by atoms with Gasteiger partial charge in [-0.2, -0.15) is 13.2 Å². The number of benzene rings is 3. The molecule has 152 valence electrons. The van der Waals surface area contributed by atoms with E-state index in [1.807, 2.05) is 60.7 Å². The SMILES string of the molecule is FC(F)(F)c1ccccc1OC(CCNNCc1ccccc1)c1ccccc1. The lowest BCUT2D eigenvalue weighted by atomic mass is 10.1. The third kappa shape index (κ3) is 6.34. The zero-order chi connectivity index (χ0) is 20.5.